The molecule has 8 heteroatoms. The lowest BCUT2D eigenvalue weighted by Gasteiger charge is -2.37. The van der Waals surface area contributed by atoms with Gasteiger partial charge < -0.3 is 16.0 Å². The van der Waals surface area contributed by atoms with Crippen molar-refractivity contribution in [3.05, 3.63) is 35.4 Å². The van der Waals surface area contributed by atoms with Crippen LogP contribution in [0.25, 0.3) is 0 Å². The molecule has 1 aliphatic heterocycles. The van der Waals surface area contributed by atoms with Crippen LogP contribution in [0.3, 0.4) is 0 Å². The molecule has 0 spiro atoms. The van der Waals surface area contributed by atoms with E-state index in [1.165, 1.54) is 12.1 Å². The fraction of sp³-hybridized carbons (Fsp3) is 0.579. The number of nitrogens with two attached hydrogens (primary N) is 1. The lowest BCUT2D eigenvalue weighted by atomic mass is 9.81. The van der Waals surface area contributed by atoms with E-state index in [9.17, 15) is 22.8 Å². The van der Waals surface area contributed by atoms with E-state index in [1.807, 2.05) is 0 Å². The molecule has 27 heavy (non-hydrogen) atoms. The molecular formula is C19H26F3N3O2. The summed E-state index contributed by atoms with van der Waals surface area (Å²) in [6.45, 7) is 4.69. The molecule has 1 aromatic rings. The molecule has 1 unspecified atom stereocenters. The minimum Gasteiger partial charge on any atom is -0.355 e. The first-order chi connectivity index (χ1) is 12.6. The van der Waals surface area contributed by atoms with E-state index in [2.05, 4.69) is 5.32 Å². The van der Waals surface area contributed by atoms with E-state index in [4.69, 9.17) is 5.73 Å². The molecule has 1 fully saturated rings. The summed E-state index contributed by atoms with van der Waals surface area (Å²) >= 11 is 0. The van der Waals surface area contributed by atoms with Gasteiger partial charge in [0.25, 0.3) is 0 Å². The SMILES string of the molecule is CC(C)(C(=O)N1CCCC(C(=O)NCCN)C1)c1cccc(C(F)(F)F)c1. The Morgan fingerprint density at radius 1 is 1.26 bits per heavy atom. The second-order valence-corrected chi connectivity index (χ2v) is 7.37. The molecule has 0 aromatic heterocycles. The Kier molecular flexibility index (Phi) is 6.51. The van der Waals surface area contributed by atoms with E-state index in [0.29, 0.717) is 38.0 Å². The van der Waals surface area contributed by atoms with Crippen LogP contribution in [0.2, 0.25) is 0 Å². The standard InChI is InChI=1S/C19H26F3N3O2/c1-18(2,14-6-3-7-15(11-14)19(20,21)22)17(27)25-10-4-5-13(12-25)16(26)24-9-8-23/h3,6-7,11,13H,4-5,8-10,12,23H2,1-2H3,(H,24,26). The molecule has 1 aromatic carbocycles. The first-order valence-electron chi connectivity index (χ1n) is 9.02. The van der Waals surface area contributed by atoms with Crippen molar-refractivity contribution < 1.29 is 22.8 Å². The summed E-state index contributed by atoms with van der Waals surface area (Å²) in [5, 5.41) is 2.73. The number of halogens is 3. The number of hydrogen-bond donors (Lipinski definition) is 2. The maximum Gasteiger partial charge on any atom is 0.416 e. The number of carbonyl (C=O) groups excluding carboxylic acids is 2. The van der Waals surface area contributed by atoms with Gasteiger partial charge in [0.05, 0.1) is 16.9 Å². The summed E-state index contributed by atoms with van der Waals surface area (Å²) in [4.78, 5) is 26.8. The number of likely N-dealkylation sites (tertiary alicyclic amines) is 1. The highest BCUT2D eigenvalue weighted by Gasteiger charge is 2.39. The number of alkyl halides is 3. The molecule has 1 atom stereocenters. The molecule has 0 radical (unpaired) electrons. The lowest BCUT2D eigenvalue weighted by molar-refractivity contribution is -0.141. The molecule has 5 nitrogen and oxygen atoms in total. The van der Waals surface area contributed by atoms with Gasteiger partial charge >= 0.3 is 6.18 Å². The smallest absolute Gasteiger partial charge is 0.355 e. The van der Waals surface area contributed by atoms with Gasteiger partial charge in [-0.05, 0) is 38.3 Å². The van der Waals surface area contributed by atoms with Crippen LogP contribution in [-0.4, -0.2) is 42.9 Å². The van der Waals surface area contributed by atoms with E-state index in [0.717, 1.165) is 12.1 Å². The van der Waals surface area contributed by atoms with Gasteiger partial charge in [-0.2, -0.15) is 13.2 Å². The maximum atomic E-state index is 13.1. The Morgan fingerprint density at radius 3 is 2.56 bits per heavy atom. The van der Waals surface area contributed by atoms with Crippen LogP contribution in [-0.2, 0) is 21.2 Å². The number of amides is 2. The van der Waals surface area contributed by atoms with Crippen LogP contribution in [0.5, 0.6) is 0 Å². The minimum absolute atomic E-state index is 0.144. The van der Waals surface area contributed by atoms with Gasteiger partial charge in [0.1, 0.15) is 0 Å². The van der Waals surface area contributed by atoms with Crippen molar-refractivity contribution in [2.75, 3.05) is 26.2 Å². The zero-order valence-electron chi connectivity index (χ0n) is 15.6. The van der Waals surface area contributed by atoms with Crippen LogP contribution >= 0.6 is 0 Å². The van der Waals surface area contributed by atoms with Gasteiger partial charge in [0.15, 0.2) is 0 Å². The average Bonchev–Trinajstić information content (AvgIpc) is 2.65. The number of piperidine rings is 1. The zero-order chi connectivity index (χ0) is 20.2. The second-order valence-electron chi connectivity index (χ2n) is 7.37. The summed E-state index contributed by atoms with van der Waals surface area (Å²) < 4.78 is 39.0. The van der Waals surface area contributed by atoms with Crippen LogP contribution in [0.15, 0.2) is 24.3 Å². The Hall–Kier alpha value is -2.09. The highest BCUT2D eigenvalue weighted by molar-refractivity contribution is 5.88. The van der Waals surface area contributed by atoms with E-state index in [-0.39, 0.29) is 24.3 Å². The van der Waals surface area contributed by atoms with Crippen molar-refractivity contribution in [2.45, 2.75) is 38.3 Å². The third-order valence-corrected chi connectivity index (χ3v) is 4.97. The first-order valence-corrected chi connectivity index (χ1v) is 9.02. The largest absolute Gasteiger partial charge is 0.416 e. The molecule has 2 amide bonds. The van der Waals surface area contributed by atoms with E-state index in [1.54, 1.807) is 18.7 Å². The van der Waals surface area contributed by atoms with Gasteiger partial charge in [-0.1, -0.05) is 18.2 Å². The van der Waals surface area contributed by atoms with E-state index >= 15 is 0 Å². The molecule has 1 saturated heterocycles. The van der Waals surface area contributed by atoms with Gasteiger partial charge in [-0.3, -0.25) is 9.59 Å². The third kappa shape index (κ3) is 5.00. The summed E-state index contributed by atoms with van der Waals surface area (Å²) in [6.07, 6.45) is -3.12. The Balaban J connectivity index is 2.16. The number of nitrogens with zero attached hydrogens (tertiary/aromatic N) is 1. The topological polar surface area (TPSA) is 75.4 Å². The summed E-state index contributed by atoms with van der Waals surface area (Å²) in [5.74, 6) is -0.750. The molecule has 0 saturated carbocycles. The van der Waals surface area contributed by atoms with Crippen molar-refractivity contribution in [2.24, 2.45) is 11.7 Å². The van der Waals surface area contributed by atoms with Crippen LogP contribution < -0.4 is 11.1 Å². The summed E-state index contributed by atoms with van der Waals surface area (Å²) in [5.41, 5.74) is 3.78. The maximum absolute atomic E-state index is 13.1. The molecule has 150 valence electrons. The lowest BCUT2D eigenvalue weighted by Crippen LogP contribution is -2.50. The third-order valence-electron chi connectivity index (χ3n) is 4.97. The fourth-order valence-corrected chi connectivity index (χ4v) is 3.32. The number of nitrogens with one attached hydrogen (secondary N) is 1. The van der Waals surface area contributed by atoms with Gasteiger partial charge in [0.2, 0.25) is 11.8 Å². The Labute approximate surface area is 157 Å². The first kappa shape index (κ1) is 21.2. The predicted octanol–water partition coefficient (Wildman–Crippen LogP) is 2.30. The van der Waals surface area contributed by atoms with Gasteiger partial charge in [-0.15, -0.1) is 0 Å². The highest BCUT2D eigenvalue weighted by atomic mass is 19.4. The molecule has 0 aliphatic carbocycles. The van der Waals surface area contributed by atoms with Crippen molar-refractivity contribution in [1.29, 1.82) is 0 Å². The fourth-order valence-electron chi connectivity index (χ4n) is 3.32. The molecule has 2 rings (SSSR count). The van der Waals surface area contributed by atoms with Crippen LogP contribution in [0.4, 0.5) is 13.2 Å². The zero-order valence-corrected chi connectivity index (χ0v) is 15.6. The molecule has 3 N–H and O–H groups in total. The second kappa shape index (κ2) is 8.29. The number of rotatable bonds is 5. The number of benzene rings is 1. The summed E-state index contributed by atoms with van der Waals surface area (Å²) in [7, 11) is 0. The van der Waals surface area contributed by atoms with Gasteiger partial charge in [-0.25, -0.2) is 0 Å². The normalized spacial score (nSPS) is 18.3. The quantitative estimate of drug-likeness (QED) is 0.817. The highest BCUT2D eigenvalue weighted by Crippen LogP contribution is 2.34. The van der Waals surface area contributed by atoms with Crippen LogP contribution in [0.1, 0.15) is 37.8 Å². The minimum atomic E-state index is -4.47. The summed E-state index contributed by atoms with van der Waals surface area (Å²) in [6, 6.07) is 4.85. The predicted molar refractivity (Wildman–Crippen MR) is 95.8 cm³/mol. The Bertz CT molecular complexity index is 689. The van der Waals surface area contributed by atoms with Crippen LogP contribution in [0, 0.1) is 5.92 Å². The Morgan fingerprint density at radius 2 is 1.93 bits per heavy atom. The van der Waals surface area contributed by atoms with Crippen molar-refractivity contribution in [1.82, 2.24) is 10.2 Å². The van der Waals surface area contributed by atoms with E-state index < -0.39 is 17.2 Å². The molecular weight excluding hydrogens is 359 g/mol. The number of carbonyl (C=O) groups is 2. The van der Waals surface area contributed by atoms with Crippen molar-refractivity contribution >= 4 is 11.8 Å². The van der Waals surface area contributed by atoms with Crippen molar-refractivity contribution in [3.8, 4) is 0 Å². The molecule has 0 bridgehead atoms. The molecule has 1 aliphatic rings. The van der Waals surface area contributed by atoms with Crippen molar-refractivity contribution in [3.63, 3.8) is 0 Å². The van der Waals surface area contributed by atoms with Gasteiger partial charge in [0, 0.05) is 26.2 Å². The average molecular weight is 385 g/mol. The number of hydrogen-bond acceptors (Lipinski definition) is 3. The molecule has 1 heterocycles. The monoisotopic (exact) mass is 385 g/mol.